The molecule has 1 nitrogen and oxygen atoms in total. The van der Waals surface area contributed by atoms with Gasteiger partial charge in [-0.1, -0.05) is 18.2 Å². The predicted molar refractivity (Wildman–Crippen MR) is 60.9 cm³/mol. The van der Waals surface area contributed by atoms with Crippen molar-refractivity contribution in [3.63, 3.8) is 0 Å². The van der Waals surface area contributed by atoms with Crippen LogP contribution in [0, 0.1) is 24.4 Å². The molecule has 0 spiro atoms. The first kappa shape index (κ1) is 12.4. The average Bonchev–Trinajstić information content (AvgIpc) is 2.34. The van der Waals surface area contributed by atoms with Crippen LogP contribution < -0.4 is 0 Å². The van der Waals surface area contributed by atoms with E-state index in [0.717, 1.165) is 18.2 Å². The van der Waals surface area contributed by atoms with E-state index in [9.17, 15) is 18.0 Å². The van der Waals surface area contributed by atoms with Gasteiger partial charge in [0.15, 0.2) is 5.78 Å². The van der Waals surface area contributed by atoms with Gasteiger partial charge in [-0.15, -0.1) is 0 Å². The molecule has 0 aliphatic rings. The van der Waals surface area contributed by atoms with Crippen molar-refractivity contribution >= 4 is 5.78 Å². The molecule has 0 amide bonds. The summed E-state index contributed by atoms with van der Waals surface area (Å²) in [5.74, 6) is -3.36. The van der Waals surface area contributed by atoms with Crippen molar-refractivity contribution in [1.29, 1.82) is 0 Å². The molecule has 2 aromatic carbocycles. The molecule has 0 aliphatic carbocycles. The quantitative estimate of drug-likeness (QED) is 0.743. The number of ketones is 1. The van der Waals surface area contributed by atoms with Crippen molar-refractivity contribution in [2.24, 2.45) is 0 Å². The largest absolute Gasteiger partial charge is 0.288 e. The van der Waals surface area contributed by atoms with Crippen LogP contribution in [0.2, 0.25) is 0 Å². The lowest BCUT2D eigenvalue weighted by molar-refractivity contribution is 0.103. The lowest BCUT2D eigenvalue weighted by atomic mass is 10.00. The van der Waals surface area contributed by atoms with Crippen molar-refractivity contribution in [3.8, 4) is 0 Å². The minimum atomic E-state index is -0.952. The number of aryl methyl sites for hydroxylation is 1. The molecule has 0 fully saturated rings. The van der Waals surface area contributed by atoms with Crippen molar-refractivity contribution in [2.75, 3.05) is 0 Å². The molecule has 2 aromatic rings. The summed E-state index contributed by atoms with van der Waals surface area (Å²) in [6, 6.07) is 6.99. The molecule has 0 aromatic heterocycles. The van der Waals surface area contributed by atoms with Crippen LogP contribution in [0.25, 0.3) is 0 Å². The Morgan fingerprint density at radius 3 is 2.44 bits per heavy atom. The third kappa shape index (κ3) is 2.14. The molecule has 0 heterocycles. The van der Waals surface area contributed by atoms with Crippen LogP contribution in [-0.4, -0.2) is 5.78 Å². The Morgan fingerprint density at radius 2 is 1.78 bits per heavy atom. The van der Waals surface area contributed by atoms with E-state index in [1.54, 1.807) is 0 Å². The van der Waals surface area contributed by atoms with Crippen LogP contribution in [0.3, 0.4) is 0 Å². The first-order valence-electron chi connectivity index (χ1n) is 5.25. The first-order valence-corrected chi connectivity index (χ1v) is 5.25. The second kappa shape index (κ2) is 4.64. The summed E-state index contributed by atoms with van der Waals surface area (Å²) in [4.78, 5) is 11.9. The molecule has 0 atom stereocenters. The third-order valence-corrected chi connectivity index (χ3v) is 2.60. The molecule has 2 rings (SSSR count). The summed E-state index contributed by atoms with van der Waals surface area (Å²) in [5, 5.41) is 0. The first-order chi connectivity index (χ1) is 8.50. The van der Waals surface area contributed by atoms with Gasteiger partial charge in [0, 0.05) is 5.56 Å². The third-order valence-electron chi connectivity index (χ3n) is 2.60. The van der Waals surface area contributed by atoms with Crippen LogP contribution in [-0.2, 0) is 0 Å². The van der Waals surface area contributed by atoms with Crippen LogP contribution in [0.1, 0.15) is 21.5 Å². The Labute approximate surface area is 102 Å². The molecule has 18 heavy (non-hydrogen) atoms. The molecule has 0 bridgehead atoms. The molecular formula is C14H9F3O. The van der Waals surface area contributed by atoms with Gasteiger partial charge in [-0.2, -0.15) is 0 Å². The van der Waals surface area contributed by atoms with Gasteiger partial charge in [0.1, 0.15) is 17.5 Å². The van der Waals surface area contributed by atoms with E-state index < -0.39 is 28.8 Å². The Bertz CT molecular complexity index is 620. The number of halogens is 3. The fourth-order valence-corrected chi connectivity index (χ4v) is 1.64. The van der Waals surface area contributed by atoms with Crippen LogP contribution >= 0.6 is 0 Å². The van der Waals surface area contributed by atoms with Crippen LogP contribution in [0.4, 0.5) is 13.2 Å². The Kier molecular flexibility index (Phi) is 3.19. The normalized spacial score (nSPS) is 10.4. The van der Waals surface area contributed by atoms with Crippen molar-refractivity contribution < 1.29 is 18.0 Å². The van der Waals surface area contributed by atoms with Crippen molar-refractivity contribution in [3.05, 3.63) is 70.5 Å². The molecule has 0 saturated carbocycles. The van der Waals surface area contributed by atoms with Crippen molar-refractivity contribution in [2.45, 2.75) is 6.92 Å². The monoisotopic (exact) mass is 250 g/mol. The molecule has 0 radical (unpaired) electrons. The second-order valence-corrected chi connectivity index (χ2v) is 3.89. The van der Waals surface area contributed by atoms with Gasteiger partial charge in [0.05, 0.1) is 5.56 Å². The Balaban J connectivity index is 2.56. The molecular weight excluding hydrogens is 241 g/mol. The van der Waals surface area contributed by atoms with Gasteiger partial charge in [-0.05, 0) is 30.7 Å². The van der Waals surface area contributed by atoms with Gasteiger partial charge in [0.25, 0.3) is 0 Å². The minimum absolute atomic E-state index is 0.0848. The van der Waals surface area contributed by atoms with Crippen LogP contribution in [0.5, 0.6) is 0 Å². The summed E-state index contributed by atoms with van der Waals surface area (Å²) in [7, 11) is 0. The van der Waals surface area contributed by atoms with Gasteiger partial charge in [-0.3, -0.25) is 4.79 Å². The van der Waals surface area contributed by atoms with E-state index in [1.807, 2.05) is 0 Å². The molecule has 0 aliphatic heterocycles. The number of benzene rings is 2. The van der Waals surface area contributed by atoms with E-state index in [-0.39, 0.29) is 11.1 Å². The smallest absolute Gasteiger partial charge is 0.199 e. The second-order valence-electron chi connectivity index (χ2n) is 3.89. The Morgan fingerprint density at radius 1 is 1.06 bits per heavy atom. The highest BCUT2D eigenvalue weighted by Crippen LogP contribution is 2.20. The lowest BCUT2D eigenvalue weighted by Gasteiger charge is -2.06. The summed E-state index contributed by atoms with van der Waals surface area (Å²) in [5.41, 5.74) is -0.574. The molecule has 92 valence electrons. The number of hydrogen-bond donors (Lipinski definition) is 0. The summed E-state index contributed by atoms with van der Waals surface area (Å²) in [6.07, 6.45) is 0. The highest BCUT2D eigenvalue weighted by molar-refractivity contribution is 6.09. The van der Waals surface area contributed by atoms with E-state index in [2.05, 4.69) is 0 Å². The summed E-state index contributed by atoms with van der Waals surface area (Å²) >= 11 is 0. The number of carbonyl (C=O) groups is 1. The maximum atomic E-state index is 13.7. The maximum absolute atomic E-state index is 13.7. The summed E-state index contributed by atoms with van der Waals surface area (Å²) in [6.45, 7) is 1.43. The van der Waals surface area contributed by atoms with Crippen LogP contribution in [0.15, 0.2) is 36.4 Å². The van der Waals surface area contributed by atoms with Crippen molar-refractivity contribution in [1.82, 2.24) is 0 Å². The molecule has 0 unspecified atom stereocenters. The zero-order valence-corrected chi connectivity index (χ0v) is 9.51. The molecule has 0 saturated heterocycles. The number of rotatable bonds is 2. The summed E-state index contributed by atoms with van der Waals surface area (Å²) < 4.78 is 40.2. The van der Waals surface area contributed by atoms with E-state index >= 15 is 0 Å². The Hall–Kier alpha value is -2.10. The van der Waals surface area contributed by atoms with Gasteiger partial charge >= 0.3 is 0 Å². The number of carbonyl (C=O) groups excluding carboxylic acids is 1. The van der Waals surface area contributed by atoms with E-state index in [1.165, 1.54) is 25.1 Å². The van der Waals surface area contributed by atoms with Gasteiger partial charge in [-0.25, -0.2) is 13.2 Å². The highest BCUT2D eigenvalue weighted by atomic mass is 19.1. The van der Waals surface area contributed by atoms with Gasteiger partial charge in [0.2, 0.25) is 0 Å². The van der Waals surface area contributed by atoms with Gasteiger partial charge < -0.3 is 0 Å². The highest BCUT2D eigenvalue weighted by Gasteiger charge is 2.20. The fourth-order valence-electron chi connectivity index (χ4n) is 1.64. The minimum Gasteiger partial charge on any atom is -0.288 e. The molecule has 0 N–H and O–H groups in total. The molecule has 4 heteroatoms. The zero-order valence-electron chi connectivity index (χ0n) is 9.51. The SMILES string of the molecule is Cc1ccc(F)c(C(=O)c2cccc(F)c2)c1F. The van der Waals surface area contributed by atoms with E-state index in [4.69, 9.17) is 0 Å². The topological polar surface area (TPSA) is 17.1 Å². The number of hydrogen-bond acceptors (Lipinski definition) is 1. The zero-order chi connectivity index (χ0) is 13.3. The standard InChI is InChI=1S/C14H9F3O/c1-8-5-6-11(16)12(13(8)17)14(18)9-3-2-4-10(15)7-9/h2-7H,1H3. The van der Waals surface area contributed by atoms with E-state index in [0.29, 0.717) is 0 Å². The fraction of sp³-hybridized carbons (Fsp3) is 0.0714. The lowest BCUT2D eigenvalue weighted by Crippen LogP contribution is -2.09. The average molecular weight is 250 g/mol. The maximum Gasteiger partial charge on any atom is 0.199 e. The predicted octanol–water partition coefficient (Wildman–Crippen LogP) is 3.64.